The highest BCUT2D eigenvalue weighted by atomic mass is 79.9. The summed E-state index contributed by atoms with van der Waals surface area (Å²) in [6, 6.07) is 0. The van der Waals surface area contributed by atoms with Crippen molar-refractivity contribution < 1.29 is 4.74 Å². The highest BCUT2D eigenvalue weighted by Crippen LogP contribution is 2.18. The van der Waals surface area contributed by atoms with Gasteiger partial charge in [-0.25, -0.2) is 0 Å². The van der Waals surface area contributed by atoms with Crippen molar-refractivity contribution in [3.05, 3.63) is 35.0 Å². The number of hydrogen-bond donors (Lipinski definition) is 0. The molecule has 0 heterocycles. The molecule has 0 bridgehead atoms. The van der Waals surface area contributed by atoms with Crippen LogP contribution in [0.4, 0.5) is 0 Å². The van der Waals surface area contributed by atoms with Crippen molar-refractivity contribution in [1.82, 2.24) is 0 Å². The molecule has 0 aliphatic rings. The number of rotatable bonds is 3. The van der Waals surface area contributed by atoms with Crippen molar-refractivity contribution >= 4 is 15.9 Å². The zero-order valence-electron chi connectivity index (χ0n) is 6.28. The SMILES string of the molecule is C=C/C(Br)=C(/OC)C(=C)C. The fourth-order valence-electron chi connectivity index (χ4n) is 0.568. The minimum atomic E-state index is 0.745. The lowest BCUT2D eigenvalue weighted by molar-refractivity contribution is 0.300. The number of allylic oxidation sites excluding steroid dienone is 3. The monoisotopic (exact) mass is 202 g/mol. The fraction of sp³-hybridized carbons (Fsp3) is 0.250. The first-order chi connectivity index (χ1) is 4.63. The van der Waals surface area contributed by atoms with Gasteiger partial charge < -0.3 is 4.74 Å². The van der Waals surface area contributed by atoms with Crippen LogP contribution < -0.4 is 0 Å². The molecule has 0 saturated heterocycles. The molecule has 0 saturated carbocycles. The first-order valence-electron chi connectivity index (χ1n) is 2.85. The van der Waals surface area contributed by atoms with E-state index < -0.39 is 0 Å². The quantitative estimate of drug-likeness (QED) is 0.506. The second-order valence-electron chi connectivity index (χ2n) is 1.87. The van der Waals surface area contributed by atoms with Crippen LogP contribution in [0.25, 0.3) is 0 Å². The number of halogens is 1. The van der Waals surface area contributed by atoms with E-state index in [0.29, 0.717) is 0 Å². The van der Waals surface area contributed by atoms with Gasteiger partial charge in [0.25, 0.3) is 0 Å². The average molecular weight is 203 g/mol. The topological polar surface area (TPSA) is 9.23 Å². The van der Waals surface area contributed by atoms with E-state index >= 15 is 0 Å². The van der Waals surface area contributed by atoms with Gasteiger partial charge in [0.15, 0.2) is 0 Å². The Morgan fingerprint density at radius 3 is 2.20 bits per heavy atom. The van der Waals surface area contributed by atoms with Crippen molar-refractivity contribution in [2.24, 2.45) is 0 Å². The highest BCUT2D eigenvalue weighted by Gasteiger charge is 2.00. The summed E-state index contributed by atoms with van der Waals surface area (Å²) in [6.45, 7) is 9.20. The first-order valence-corrected chi connectivity index (χ1v) is 3.64. The van der Waals surface area contributed by atoms with Gasteiger partial charge in [-0.15, -0.1) is 0 Å². The van der Waals surface area contributed by atoms with E-state index in [1.165, 1.54) is 0 Å². The minimum absolute atomic E-state index is 0.745. The van der Waals surface area contributed by atoms with Crippen LogP contribution in [0.15, 0.2) is 35.0 Å². The van der Waals surface area contributed by atoms with E-state index in [9.17, 15) is 0 Å². The van der Waals surface area contributed by atoms with Crippen LogP contribution in [0.2, 0.25) is 0 Å². The number of methoxy groups -OCH3 is 1. The molecule has 2 heteroatoms. The summed E-state index contributed by atoms with van der Waals surface area (Å²) in [6.07, 6.45) is 1.67. The van der Waals surface area contributed by atoms with Gasteiger partial charge in [0.1, 0.15) is 5.76 Å². The molecule has 0 aliphatic carbocycles. The van der Waals surface area contributed by atoms with Crippen molar-refractivity contribution in [1.29, 1.82) is 0 Å². The fourth-order valence-corrected chi connectivity index (χ4v) is 1.07. The Bertz CT molecular complexity index is 180. The molecule has 10 heavy (non-hydrogen) atoms. The second-order valence-corrected chi connectivity index (χ2v) is 2.72. The van der Waals surface area contributed by atoms with Crippen molar-refractivity contribution in [3.8, 4) is 0 Å². The Balaban J connectivity index is 4.62. The molecule has 0 amide bonds. The molecule has 0 atom stereocenters. The molecular formula is C8H11BrO. The Morgan fingerprint density at radius 1 is 1.60 bits per heavy atom. The van der Waals surface area contributed by atoms with Crippen LogP contribution in [0.5, 0.6) is 0 Å². The largest absolute Gasteiger partial charge is 0.495 e. The summed E-state index contributed by atoms with van der Waals surface area (Å²) in [5.41, 5.74) is 0.884. The van der Waals surface area contributed by atoms with E-state index in [2.05, 4.69) is 29.1 Å². The molecule has 0 aromatic heterocycles. The highest BCUT2D eigenvalue weighted by molar-refractivity contribution is 9.11. The maximum absolute atomic E-state index is 5.03. The molecule has 0 N–H and O–H groups in total. The lowest BCUT2D eigenvalue weighted by Gasteiger charge is -2.05. The summed E-state index contributed by atoms with van der Waals surface area (Å²) in [7, 11) is 1.61. The molecule has 0 radical (unpaired) electrons. The molecule has 0 unspecified atom stereocenters. The van der Waals surface area contributed by atoms with E-state index in [1.807, 2.05) is 6.92 Å². The van der Waals surface area contributed by atoms with Gasteiger partial charge in [0, 0.05) is 0 Å². The standard InChI is InChI=1S/C8H11BrO/c1-5-7(9)8(10-4)6(2)3/h5H,1-2H2,3-4H3/b8-7-. The number of hydrogen-bond acceptors (Lipinski definition) is 1. The van der Waals surface area contributed by atoms with Gasteiger partial charge >= 0.3 is 0 Å². The Kier molecular flexibility index (Phi) is 4.12. The lowest BCUT2D eigenvalue weighted by atomic mass is 10.3. The van der Waals surface area contributed by atoms with E-state index in [-0.39, 0.29) is 0 Å². The van der Waals surface area contributed by atoms with Gasteiger partial charge in [-0.1, -0.05) is 19.2 Å². The van der Waals surface area contributed by atoms with Crippen LogP contribution in [0.3, 0.4) is 0 Å². The maximum Gasteiger partial charge on any atom is 0.135 e. The second kappa shape index (κ2) is 4.34. The van der Waals surface area contributed by atoms with Crippen LogP contribution >= 0.6 is 15.9 Å². The molecule has 0 aromatic carbocycles. The number of ether oxygens (including phenoxy) is 1. The Hall–Kier alpha value is -0.500. The van der Waals surface area contributed by atoms with Gasteiger partial charge in [0.2, 0.25) is 0 Å². The summed E-state index contributed by atoms with van der Waals surface area (Å²) >= 11 is 3.28. The third kappa shape index (κ3) is 2.40. The zero-order chi connectivity index (χ0) is 8.15. The third-order valence-electron chi connectivity index (χ3n) is 0.988. The molecule has 0 spiro atoms. The predicted molar refractivity (Wildman–Crippen MR) is 48.0 cm³/mol. The van der Waals surface area contributed by atoms with Crippen LogP contribution in [0.1, 0.15) is 6.92 Å². The lowest BCUT2D eigenvalue weighted by Crippen LogP contribution is -1.88. The van der Waals surface area contributed by atoms with E-state index in [1.54, 1.807) is 13.2 Å². The molecule has 0 aromatic rings. The van der Waals surface area contributed by atoms with E-state index in [0.717, 1.165) is 15.8 Å². The van der Waals surface area contributed by atoms with Gasteiger partial charge in [0.05, 0.1) is 11.6 Å². The Labute approximate surface area is 70.2 Å². The van der Waals surface area contributed by atoms with Crippen molar-refractivity contribution in [2.75, 3.05) is 7.11 Å². The molecular weight excluding hydrogens is 192 g/mol. The molecule has 0 aliphatic heterocycles. The van der Waals surface area contributed by atoms with Crippen molar-refractivity contribution in [2.45, 2.75) is 6.92 Å². The van der Waals surface area contributed by atoms with Gasteiger partial charge in [-0.3, -0.25) is 0 Å². The van der Waals surface area contributed by atoms with Crippen molar-refractivity contribution in [3.63, 3.8) is 0 Å². The maximum atomic E-state index is 5.03. The minimum Gasteiger partial charge on any atom is -0.495 e. The smallest absolute Gasteiger partial charge is 0.135 e. The molecule has 1 nitrogen and oxygen atoms in total. The third-order valence-corrected chi connectivity index (χ3v) is 1.67. The molecule has 0 fully saturated rings. The van der Waals surface area contributed by atoms with Gasteiger partial charge in [-0.05, 0) is 28.4 Å². The first kappa shape index (κ1) is 9.50. The predicted octanol–water partition coefficient (Wildman–Crippen LogP) is 3.00. The molecule has 0 rings (SSSR count). The summed E-state index contributed by atoms with van der Waals surface area (Å²) < 4.78 is 5.86. The Morgan fingerprint density at radius 2 is 2.10 bits per heavy atom. The van der Waals surface area contributed by atoms with Crippen LogP contribution in [0, 0.1) is 0 Å². The summed E-state index contributed by atoms with van der Waals surface area (Å²) in [5, 5.41) is 0. The summed E-state index contributed by atoms with van der Waals surface area (Å²) in [5.74, 6) is 0.745. The van der Waals surface area contributed by atoms with Crippen LogP contribution in [-0.4, -0.2) is 7.11 Å². The van der Waals surface area contributed by atoms with E-state index in [4.69, 9.17) is 4.74 Å². The van der Waals surface area contributed by atoms with Gasteiger partial charge in [-0.2, -0.15) is 0 Å². The normalized spacial score (nSPS) is 11.9. The zero-order valence-corrected chi connectivity index (χ0v) is 7.86. The molecule has 56 valence electrons. The van der Waals surface area contributed by atoms with Crippen LogP contribution in [-0.2, 0) is 4.74 Å². The average Bonchev–Trinajstić information content (AvgIpc) is 1.88. The summed E-state index contributed by atoms with van der Waals surface area (Å²) in [4.78, 5) is 0.